The van der Waals surface area contributed by atoms with Crippen molar-refractivity contribution in [2.45, 2.75) is 13.5 Å². The molecule has 0 aliphatic rings. The van der Waals surface area contributed by atoms with Gasteiger partial charge in [0.05, 0.1) is 0 Å². The van der Waals surface area contributed by atoms with E-state index in [1.807, 2.05) is 30.3 Å². The second-order valence-electron chi connectivity index (χ2n) is 5.94. The number of amides is 1. The lowest BCUT2D eigenvalue weighted by molar-refractivity contribution is -0.118. The number of hydrogen-bond acceptors (Lipinski definition) is 3. The Kier molecular flexibility index (Phi) is 5.19. The van der Waals surface area contributed by atoms with Crippen LogP contribution in [-0.2, 0) is 11.3 Å². The molecule has 6 heteroatoms. The predicted molar refractivity (Wildman–Crippen MR) is 104 cm³/mol. The van der Waals surface area contributed by atoms with Gasteiger partial charge in [-0.3, -0.25) is 14.2 Å². The summed E-state index contributed by atoms with van der Waals surface area (Å²) in [5, 5.41) is 0.543. The van der Waals surface area contributed by atoms with E-state index in [1.165, 1.54) is 15.5 Å². The lowest BCUT2D eigenvalue weighted by Crippen LogP contribution is -2.35. The Morgan fingerprint density at radius 1 is 1.12 bits per heavy atom. The van der Waals surface area contributed by atoms with Crippen molar-refractivity contribution in [1.29, 1.82) is 0 Å². The third-order valence-electron chi connectivity index (χ3n) is 4.03. The molecule has 0 radical (unpaired) electrons. The molecule has 26 heavy (non-hydrogen) atoms. The molecule has 0 saturated carbocycles. The number of likely N-dealkylation sites (N-methyl/N-ethyl adjacent to an activating group) is 1. The van der Waals surface area contributed by atoms with E-state index in [0.717, 1.165) is 5.56 Å². The second-order valence-corrected chi connectivity index (χ2v) is 6.38. The van der Waals surface area contributed by atoms with Gasteiger partial charge in [0.15, 0.2) is 0 Å². The Morgan fingerprint density at radius 3 is 2.54 bits per heavy atom. The minimum Gasteiger partial charge on any atom is -0.314 e. The minimum atomic E-state index is -0.260. The molecule has 1 aromatic heterocycles. The van der Waals surface area contributed by atoms with Crippen molar-refractivity contribution in [3.63, 3.8) is 0 Å². The average molecular weight is 368 g/mol. The fourth-order valence-electron chi connectivity index (χ4n) is 2.65. The van der Waals surface area contributed by atoms with Crippen molar-refractivity contribution >= 4 is 23.2 Å². The highest BCUT2D eigenvalue weighted by Crippen LogP contribution is 2.20. The van der Waals surface area contributed by atoms with Crippen LogP contribution in [0.5, 0.6) is 0 Å². The van der Waals surface area contributed by atoms with Crippen LogP contribution in [0.4, 0.5) is 5.69 Å². The molecule has 0 bridgehead atoms. The highest BCUT2D eigenvalue weighted by atomic mass is 35.5. The number of nitrogens with zero attached hydrogens (tertiary/aromatic N) is 3. The molecular weight excluding hydrogens is 350 g/mol. The number of rotatable bonds is 4. The van der Waals surface area contributed by atoms with Crippen LogP contribution in [0.15, 0.2) is 65.5 Å². The van der Waals surface area contributed by atoms with E-state index in [2.05, 4.69) is 4.98 Å². The van der Waals surface area contributed by atoms with Gasteiger partial charge in [-0.2, -0.15) is 0 Å². The van der Waals surface area contributed by atoms with Crippen molar-refractivity contribution in [2.24, 2.45) is 0 Å². The zero-order valence-electron chi connectivity index (χ0n) is 14.5. The molecule has 3 rings (SSSR count). The molecule has 132 valence electrons. The van der Waals surface area contributed by atoms with Gasteiger partial charge >= 0.3 is 0 Å². The van der Waals surface area contributed by atoms with Gasteiger partial charge in [0.1, 0.15) is 12.4 Å². The largest absolute Gasteiger partial charge is 0.314 e. The lowest BCUT2D eigenvalue weighted by atomic mass is 10.2. The van der Waals surface area contributed by atoms with Gasteiger partial charge in [-0.15, -0.1) is 0 Å². The molecule has 0 atom stereocenters. The Labute approximate surface area is 156 Å². The van der Waals surface area contributed by atoms with E-state index in [4.69, 9.17) is 11.6 Å². The van der Waals surface area contributed by atoms with E-state index in [0.29, 0.717) is 22.2 Å². The van der Waals surface area contributed by atoms with Gasteiger partial charge in [-0.25, -0.2) is 4.98 Å². The van der Waals surface area contributed by atoms with Gasteiger partial charge in [0.25, 0.3) is 5.56 Å². The molecule has 0 spiro atoms. The zero-order valence-corrected chi connectivity index (χ0v) is 15.3. The molecule has 1 heterocycles. The molecule has 0 aliphatic carbocycles. The van der Waals surface area contributed by atoms with E-state index in [1.54, 1.807) is 38.2 Å². The summed E-state index contributed by atoms with van der Waals surface area (Å²) in [7, 11) is 1.66. The van der Waals surface area contributed by atoms with Crippen molar-refractivity contribution in [1.82, 2.24) is 9.55 Å². The molecule has 3 aromatic rings. The number of hydrogen-bond donors (Lipinski definition) is 0. The maximum Gasteiger partial charge on any atom is 0.254 e. The maximum absolute atomic E-state index is 12.7. The number of aryl methyl sites for hydroxylation is 1. The van der Waals surface area contributed by atoms with Crippen LogP contribution in [0.1, 0.15) is 5.69 Å². The summed E-state index contributed by atoms with van der Waals surface area (Å²) in [4.78, 5) is 31.2. The van der Waals surface area contributed by atoms with Crippen LogP contribution in [-0.4, -0.2) is 22.5 Å². The minimum absolute atomic E-state index is 0.112. The molecule has 0 fully saturated rings. The second kappa shape index (κ2) is 7.54. The van der Waals surface area contributed by atoms with Crippen molar-refractivity contribution in [3.05, 3.63) is 81.7 Å². The molecule has 5 nitrogen and oxygen atoms in total. The standard InChI is InChI=1S/C20H18ClN3O2/c1-14-11-18(25)24(20(22-14)15-7-4-3-5-8-15)13-19(26)23(2)17-10-6-9-16(21)12-17/h3-12H,13H2,1-2H3. The third-order valence-corrected chi connectivity index (χ3v) is 4.27. The number of halogens is 1. The van der Waals surface area contributed by atoms with Crippen LogP contribution < -0.4 is 10.5 Å². The molecule has 2 aromatic carbocycles. The zero-order chi connectivity index (χ0) is 18.7. The van der Waals surface area contributed by atoms with Crippen molar-refractivity contribution in [2.75, 3.05) is 11.9 Å². The van der Waals surface area contributed by atoms with Gasteiger partial charge in [-0.05, 0) is 25.1 Å². The van der Waals surface area contributed by atoms with Gasteiger partial charge in [0, 0.05) is 35.1 Å². The van der Waals surface area contributed by atoms with E-state index < -0.39 is 0 Å². The summed E-state index contributed by atoms with van der Waals surface area (Å²) >= 11 is 6.00. The first-order valence-corrected chi connectivity index (χ1v) is 8.49. The quantitative estimate of drug-likeness (QED) is 0.708. The Hall–Kier alpha value is -2.92. The number of carbonyl (C=O) groups is 1. The third kappa shape index (κ3) is 3.83. The maximum atomic E-state index is 12.7. The molecule has 0 N–H and O–H groups in total. The Bertz CT molecular complexity index is 999. The highest BCUT2D eigenvalue weighted by molar-refractivity contribution is 6.30. The number of benzene rings is 2. The normalized spacial score (nSPS) is 10.6. The fourth-order valence-corrected chi connectivity index (χ4v) is 2.84. The Balaban J connectivity index is 1.97. The molecule has 0 aliphatic heterocycles. The molecule has 1 amide bonds. The number of anilines is 1. The highest BCUT2D eigenvalue weighted by Gasteiger charge is 2.17. The number of carbonyl (C=O) groups excluding carboxylic acids is 1. The summed E-state index contributed by atoms with van der Waals surface area (Å²) in [5.74, 6) is 0.237. The lowest BCUT2D eigenvalue weighted by Gasteiger charge is -2.19. The predicted octanol–water partition coefficient (Wildman–Crippen LogP) is 3.54. The summed E-state index contributed by atoms with van der Waals surface area (Å²) in [6.45, 7) is 1.65. The van der Waals surface area contributed by atoms with Crippen LogP contribution in [0, 0.1) is 6.92 Å². The van der Waals surface area contributed by atoms with E-state index in [-0.39, 0.29) is 18.0 Å². The van der Waals surface area contributed by atoms with Crippen LogP contribution in [0.2, 0.25) is 5.02 Å². The molecule has 0 saturated heterocycles. The van der Waals surface area contributed by atoms with E-state index >= 15 is 0 Å². The smallest absolute Gasteiger partial charge is 0.254 e. The SMILES string of the molecule is Cc1cc(=O)n(CC(=O)N(C)c2cccc(Cl)c2)c(-c2ccccc2)n1. The summed E-state index contributed by atoms with van der Waals surface area (Å²) < 4.78 is 1.39. The summed E-state index contributed by atoms with van der Waals surface area (Å²) in [5.41, 5.74) is 1.80. The fraction of sp³-hybridized carbons (Fsp3) is 0.150. The van der Waals surface area contributed by atoms with Crippen LogP contribution >= 0.6 is 11.6 Å². The van der Waals surface area contributed by atoms with E-state index in [9.17, 15) is 9.59 Å². The van der Waals surface area contributed by atoms with Crippen LogP contribution in [0.3, 0.4) is 0 Å². The topological polar surface area (TPSA) is 55.2 Å². The van der Waals surface area contributed by atoms with Crippen LogP contribution in [0.25, 0.3) is 11.4 Å². The van der Waals surface area contributed by atoms with Crippen molar-refractivity contribution < 1.29 is 4.79 Å². The van der Waals surface area contributed by atoms with Crippen molar-refractivity contribution in [3.8, 4) is 11.4 Å². The molecule has 0 unspecified atom stereocenters. The monoisotopic (exact) mass is 367 g/mol. The first-order chi connectivity index (χ1) is 12.5. The first-order valence-electron chi connectivity index (χ1n) is 8.12. The summed E-state index contributed by atoms with van der Waals surface area (Å²) in [6.07, 6.45) is 0. The Morgan fingerprint density at radius 2 is 1.85 bits per heavy atom. The molecular formula is C20H18ClN3O2. The van der Waals surface area contributed by atoms with Gasteiger partial charge < -0.3 is 4.90 Å². The summed E-state index contributed by atoms with van der Waals surface area (Å²) in [6, 6.07) is 17.8. The first kappa shape index (κ1) is 17.9. The van der Waals surface area contributed by atoms with Gasteiger partial charge in [0.2, 0.25) is 5.91 Å². The average Bonchev–Trinajstić information content (AvgIpc) is 2.63. The van der Waals surface area contributed by atoms with Gasteiger partial charge in [-0.1, -0.05) is 48.0 Å². The number of aromatic nitrogens is 2.